The van der Waals surface area contributed by atoms with Crippen molar-refractivity contribution in [2.75, 3.05) is 26.2 Å². The molecule has 0 atom stereocenters. The Labute approximate surface area is 160 Å². The molecule has 1 fully saturated rings. The van der Waals surface area contributed by atoms with Gasteiger partial charge in [0.25, 0.3) is 0 Å². The van der Waals surface area contributed by atoms with Gasteiger partial charge in [0.2, 0.25) is 10.0 Å². The first-order valence-electron chi connectivity index (χ1n) is 8.46. The van der Waals surface area contributed by atoms with Crippen molar-refractivity contribution in [1.29, 1.82) is 0 Å². The van der Waals surface area contributed by atoms with Gasteiger partial charge >= 0.3 is 6.36 Å². The standard InChI is InChI=1S/C18H18F4N2O3S/c19-15-3-1-2-14(12-15)13-23-8-10-24(11-9-23)28(25,26)17-6-4-16(5-7-17)27-18(20,21)22/h1-7,12H,8-11,13H2. The molecule has 2 aromatic rings. The molecule has 0 aromatic heterocycles. The number of ether oxygens (including phenoxy) is 1. The third-order valence-corrected chi connectivity index (χ3v) is 6.23. The van der Waals surface area contributed by atoms with E-state index in [2.05, 4.69) is 4.74 Å². The van der Waals surface area contributed by atoms with Crippen LogP contribution in [0.15, 0.2) is 53.4 Å². The smallest absolute Gasteiger partial charge is 0.406 e. The summed E-state index contributed by atoms with van der Waals surface area (Å²) in [6.45, 7) is 1.90. The number of benzene rings is 2. The Morgan fingerprint density at radius 1 is 0.964 bits per heavy atom. The van der Waals surface area contributed by atoms with Crippen LogP contribution in [0, 0.1) is 5.82 Å². The van der Waals surface area contributed by atoms with Gasteiger partial charge < -0.3 is 4.74 Å². The summed E-state index contributed by atoms with van der Waals surface area (Å²) >= 11 is 0. The zero-order chi connectivity index (χ0) is 20.4. The summed E-state index contributed by atoms with van der Waals surface area (Å²) < 4.78 is 80.3. The fourth-order valence-electron chi connectivity index (χ4n) is 2.98. The van der Waals surface area contributed by atoms with Gasteiger partial charge in [-0.05, 0) is 42.0 Å². The lowest BCUT2D eigenvalue weighted by atomic mass is 10.2. The van der Waals surface area contributed by atoms with Gasteiger partial charge in [0.15, 0.2) is 0 Å². The van der Waals surface area contributed by atoms with E-state index in [9.17, 15) is 26.0 Å². The van der Waals surface area contributed by atoms with Crippen molar-refractivity contribution in [2.24, 2.45) is 0 Å². The lowest BCUT2D eigenvalue weighted by molar-refractivity contribution is -0.274. The molecule has 1 heterocycles. The van der Waals surface area contributed by atoms with Crippen molar-refractivity contribution in [2.45, 2.75) is 17.8 Å². The van der Waals surface area contributed by atoms with Crippen LogP contribution in [0.25, 0.3) is 0 Å². The van der Waals surface area contributed by atoms with Crippen LogP contribution in [0.3, 0.4) is 0 Å². The van der Waals surface area contributed by atoms with Crippen LogP contribution in [0.1, 0.15) is 5.56 Å². The highest BCUT2D eigenvalue weighted by molar-refractivity contribution is 7.89. The van der Waals surface area contributed by atoms with Crippen molar-refractivity contribution >= 4 is 10.0 Å². The number of piperazine rings is 1. The Hall–Kier alpha value is -2.17. The van der Waals surface area contributed by atoms with Gasteiger partial charge in [-0.1, -0.05) is 12.1 Å². The molecule has 0 aliphatic carbocycles. The van der Waals surface area contributed by atoms with Crippen LogP contribution >= 0.6 is 0 Å². The number of sulfonamides is 1. The maximum Gasteiger partial charge on any atom is 0.573 e. The number of hydrogen-bond acceptors (Lipinski definition) is 4. The van der Waals surface area contributed by atoms with Crippen LogP contribution in [-0.2, 0) is 16.6 Å². The first kappa shape index (κ1) is 20.6. The monoisotopic (exact) mass is 418 g/mol. The van der Waals surface area contributed by atoms with Gasteiger partial charge in [0, 0.05) is 32.7 Å². The van der Waals surface area contributed by atoms with Crippen LogP contribution in [0.4, 0.5) is 17.6 Å². The number of halogens is 4. The fourth-order valence-corrected chi connectivity index (χ4v) is 4.41. The van der Waals surface area contributed by atoms with Crippen molar-refractivity contribution in [3.63, 3.8) is 0 Å². The fraction of sp³-hybridized carbons (Fsp3) is 0.333. The molecule has 0 unspecified atom stereocenters. The zero-order valence-electron chi connectivity index (χ0n) is 14.7. The Bertz CT molecular complexity index is 909. The van der Waals surface area contributed by atoms with Crippen LogP contribution < -0.4 is 4.74 Å². The van der Waals surface area contributed by atoms with E-state index in [1.165, 1.54) is 16.4 Å². The van der Waals surface area contributed by atoms with Crippen molar-refractivity contribution < 1.29 is 30.7 Å². The molecule has 0 N–H and O–H groups in total. The average molecular weight is 418 g/mol. The van der Waals surface area contributed by atoms with E-state index in [0.717, 1.165) is 29.8 Å². The maximum atomic E-state index is 13.3. The Balaban J connectivity index is 1.61. The molecule has 1 saturated heterocycles. The van der Waals surface area contributed by atoms with Gasteiger partial charge in [-0.3, -0.25) is 4.90 Å². The topological polar surface area (TPSA) is 49.9 Å². The predicted molar refractivity (Wildman–Crippen MR) is 93.6 cm³/mol. The molecule has 2 aromatic carbocycles. The van der Waals surface area contributed by atoms with Gasteiger partial charge in [-0.2, -0.15) is 4.31 Å². The molecule has 1 aliphatic heterocycles. The summed E-state index contributed by atoms with van der Waals surface area (Å²) in [4.78, 5) is 1.92. The normalized spacial score (nSPS) is 16.9. The first-order chi connectivity index (χ1) is 13.1. The predicted octanol–water partition coefficient (Wildman–Crippen LogP) is 3.23. The van der Waals surface area contributed by atoms with Gasteiger partial charge in [-0.25, -0.2) is 12.8 Å². The third-order valence-electron chi connectivity index (χ3n) is 4.32. The minimum absolute atomic E-state index is 0.0967. The second-order valence-corrected chi connectivity index (χ2v) is 8.27. The third kappa shape index (κ3) is 5.21. The molecule has 3 rings (SSSR count). The largest absolute Gasteiger partial charge is 0.573 e. The van der Waals surface area contributed by atoms with Crippen molar-refractivity contribution in [3.8, 4) is 5.75 Å². The second-order valence-electron chi connectivity index (χ2n) is 6.33. The summed E-state index contributed by atoms with van der Waals surface area (Å²) in [6, 6.07) is 10.4. The molecule has 0 bridgehead atoms. The van der Waals surface area contributed by atoms with Crippen LogP contribution in [0.2, 0.25) is 0 Å². The van der Waals surface area contributed by atoms with Crippen molar-refractivity contribution in [1.82, 2.24) is 9.21 Å². The number of alkyl halides is 3. The highest BCUT2D eigenvalue weighted by Gasteiger charge is 2.32. The van der Waals surface area contributed by atoms with Crippen molar-refractivity contribution in [3.05, 3.63) is 59.9 Å². The highest BCUT2D eigenvalue weighted by atomic mass is 32.2. The van der Waals surface area contributed by atoms with E-state index in [-0.39, 0.29) is 23.8 Å². The molecule has 28 heavy (non-hydrogen) atoms. The Morgan fingerprint density at radius 2 is 1.61 bits per heavy atom. The zero-order valence-corrected chi connectivity index (χ0v) is 15.5. The number of hydrogen-bond donors (Lipinski definition) is 0. The maximum absolute atomic E-state index is 13.3. The van der Waals surface area contributed by atoms with Gasteiger partial charge in [0.05, 0.1) is 4.90 Å². The van der Waals surface area contributed by atoms with E-state index in [4.69, 9.17) is 0 Å². The minimum atomic E-state index is -4.83. The van der Waals surface area contributed by atoms with Crippen LogP contribution in [0.5, 0.6) is 5.75 Å². The molecule has 5 nitrogen and oxygen atoms in total. The van der Waals surface area contributed by atoms with E-state index in [1.807, 2.05) is 4.90 Å². The van der Waals surface area contributed by atoms with Crippen LogP contribution in [-0.4, -0.2) is 50.2 Å². The van der Waals surface area contributed by atoms with E-state index >= 15 is 0 Å². The summed E-state index contributed by atoms with van der Waals surface area (Å²) in [5.41, 5.74) is 0.802. The second kappa shape index (κ2) is 8.06. The molecule has 10 heteroatoms. The highest BCUT2D eigenvalue weighted by Crippen LogP contribution is 2.25. The minimum Gasteiger partial charge on any atom is -0.406 e. The lowest BCUT2D eigenvalue weighted by Crippen LogP contribution is -2.48. The van der Waals surface area contributed by atoms with Gasteiger partial charge in [0.1, 0.15) is 11.6 Å². The molecule has 152 valence electrons. The van der Waals surface area contributed by atoms with Gasteiger partial charge in [-0.15, -0.1) is 13.2 Å². The molecule has 0 radical (unpaired) electrons. The Morgan fingerprint density at radius 3 is 2.18 bits per heavy atom. The Kier molecular flexibility index (Phi) is 5.92. The molecule has 0 amide bonds. The summed E-state index contributed by atoms with van der Waals surface area (Å²) in [6.07, 6.45) is -4.83. The molecule has 1 aliphatic rings. The van der Waals surface area contributed by atoms with E-state index in [1.54, 1.807) is 12.1 Å². The molecular weight excluding hydrogens is 400 g/mol. The average Bonchev–Trinajstić information content (AvgIpc) is 2.61. The summed E-state index contributed by atoms with van der Waals surface area (Å²) in [7, 11) is -3.82. The first-order valence-corrected chi connectivity index (χ1v) is 9.90. The molecule has 0 spiro atoms. The van der Waals surface area contributed by atoms with E-state index in [0.29, 0.717) is 19.6 Å². The quantitative estimate of drug-likeness (QED) is 0.700. The summed E-state index contributed by atoms with van der Waals surface area (Å²) in [5.74, 6) is -0.803. The number of nitrogens with zero attached hydrogens (tertiary/aromatic N) is 2. The SMILES string of the molecule is O=S(=O)(c1ccc(OC(F)(F)F)cc1)N1CCN(Cc2cccc(F)c2)CC1. The molecular formula is C18H18F4N2O3S. The number of rotatable bonds is 5. The molecule has 0 saturated carbocycles. The summed E-state index contributed by atoms with van der Waals surface area (Å²) in [5, 5.41) is 0. The van der Waals surface area contributed by atoms with E-state index < -0.39 is 22.1 Å². The lowest BCUT2D eigenvalue weighted by Gasteiger charge is -2.34.